The maximum atomic E-state index is 12.0. The molecule has 7 heteroatoms. The molecule has 1 N–H and O–H groups in total. The van der Waals surface area contributed by atoms with Gasteiger partial charge in [0.1, 0.15) is 11.6 Å². The fourth-order valence-electron chi connectivity index (χ4n) is 2.46. The van der Waals surface area contributed by atoms with Crippen LogP contribution in [0.2, 0.25) is 0 Å². The minimum absolute atomic E-state index is 0.0843. The summed E-state index contributed by atoms with van der Waals surface area (Å²) in [5.41, 5.74) is 0.0843. The Balaban J connectivity index is 2.41. The Kier molecular flexibility index (Phi) is 9.54. The van der Waals surface area contributed by atoms with Crippen molar-refractivity contribution < 1.29 is 19.1 Å². The van der Waals surface area contributed by atoms with Gasteiger partial charge in [0.05, 0.1) is 12.5 Å². The van der Waals surface area contributed by atoms with Gasteiger partial charge < -0.3 is 19.7 Å². The third-order valence-corrected chi connectivity index (χ3v) is 3.78. The first-order valence-electron chi connectivity index (χ1n) is 8.50. The topological polar surface area (TPSA) is 91.7 Å². The van der Waals surface area contributed by atoms with Crippen molar-refractivity contribution in [2.24, 2.45) is 5.92 Å². The van der Waals surface area contributed by atoms with Crippen LogP contribution >= 0.6 is 0 Å². The first-order valence-corrected chi connectivity index (χ1v) is 8.50. The van der Waals surface area contributed by atoms with Crippen LogP contribution in [0.1, 0.15) is 33.1 Å². The molecule has 1 saturated heterocycles. The Morgan fingerprint density at radius 1 is 1.29 bits per heavy atom. The van der Waals surface area contributed by atoms with Crippen molar-refractivity contribution in [2.75, 3.05) is 39.5 Å². The second-order valence-corrected chi connectivity index (χ2v) is 5.52. The van der Waals surface area contributed by atoms with Gasteiger partial charge in [-0.25, -0.2) is 0 Å². The van der Waals surface area contributed by atoms with Crippen LogP contribution in [0.5, 0.6) is 0 Å². The number of piperidine rings is 1. The van der Waals surface area contributed by atoms with Gasteiger partial charge >= 0.3 is 5.97 Å². The molecule has 1 aliphatic rings. The first-order chi connectivity index (χ1) is 11.6. The van der Waals surface area contributed by atoms with E-state index >= 15 is 0 Å². The molecule has 1 fully saturated rings. The maximum Gasteiger partial charge on any atom is 0.309 e. The van der Waals surface area contributed by atoms with Crippen molar-refractivity contribution in [2.45, 2.75) is 33.1 Å². The Labute approximate surface area is 143 Å². The number of carbonyl (C=O) groups is 2. The quantitative estimate of drug-likeness (QED) is 0.294. The van der Waals surface area contributed by atoms with Gasteiger partial charge in [-0.15, -0.1) is 0 Å². The molecule has 134 valence electrons. The number of likely N-dealkylation sites (tertiary alicyclic amines) is 1. The number of hydrogen-bond acceptors (Lipinski definition) is 6. The molecule has 24 heavy (non-hydrogen) atoms. The summed E-state index contributed by atoms with van der Waals surface area (Å²) in [5.74, 6) is -0.622. The van der Waals surface area contributed by atoms with Crippen LogP contribution < -0.4 is 5.32 Å². The summed E-state index contributed by atoms with van der Waals surface area (Å²) >= 11 is 0. The average molecular weight is 337 g/mol. The number of nitrogens with one attached hydrogen (secondary N) is 1. The van der Waals surface area contributed by atoms with E-state index in [9.17, 15) is 14.9 Å². The normalized spacial score (nSPS) is 15.7. The number of amides is 1. The van der Waals surface area contributed by atoms with Crippen LogP contribution in [-0.2, 0) is 19.1 Å². The third kappa shape index (κ3) is 7.01. The van der Waals surface area contributed by atoms with Crippen molar-refractivity contribution in [1.82, 2.24) is 10.2 Å². The van der Waals surface area contributed by atoms with Crippen LogP contribution in [0.4, 0.5) is 0 Å². The van der Waals surface area contributed by atoms with Crippen LogP contribution in [0.3, 0.4) is 0 Å². The number of carbonyl (C=O) groups excluding carboxylic acids is 2. The lowest BCUT2D eigenvalue weighted by atomic mass is 9.97. The number of rotatable bonds is 9. The van der Waals surface area contributed by atoms with Crippen molar-refractivity contribution in [3.63, 3.8) is 0 Å². The molecular formula is C17H27N3O4. The van der Waals surface area contributed by atoms with E-state index in [2.05, 4.69) is 5.32 Å². The van der Waals surface area contributed by atoms with Gasteiger partial charge in [0.2, 0.25) is 0 Å². The number of nitriles is 1. The van der Waals surface area contributed by atoms with Crippen LogP contribution in [0.25, 0.3) is 0 Å². The number of esters is 1. The lowest BCUT2D eigenvalue weighted by Crippen LogP contribution is -2.35. The highest BCUT2D eigenvalue weighted by Gasteiger charge is 2.25. The van der Waals surface area contributed by atoms with E-state index in [1.165, 1.54) is 0 Å². The summed E-state index contributed by atoms with van der Waals surface area (Å²) in [4.78, 5) is 25.6. The molecule has 0 bridgehead atoms. The number of nitrogens with zero attached hydrogens (tertiary/aromatic N) is 2. The van der Waals surface area contributed by atoms with Crippen LogP contribution in [0, 0.1) is 17.2 Å². The zero-order chi connectivity index (χ0) is 17.8. The lowest BCUT2D eigenvalue weighted by molar-refractivity contribution is -0.149. The molecule has 0 atom stereocenters. The summed E-state index contributed by atoms with van der Waals surface area (Å²) in [7, 11) is 0. The standard InChI is InChI=1S/C17H27N3O4/c1-3-23-11-5-8-19-16(21)15(12-18)13-20-9-6-14(7-10-20)17(22)24-4-2/h13-14H,3-11H2,1-2H3,(H,19,21)/b15-13-. The van der Waals surface area contributed by atoms with Crippen LogP contribution in [0.15, 0.2) is 11.8 Å². The first kappa shape index (κ1) is 20.0. The predicted octanol–water partition coefficient (Wildman–Crippen LogP) is 1.21. The zero-order valence-corrected chi connectivity index (χ0v) is 14.5. The Hall–Kier alpha value is -2.07. The molecule has 1 amide bonds. The minimum atomic E-state index is -0.374. The van der Waals surface area contributed by atoms with Gasteiger partial charge in [-0.1, -0.05) is 0 Å². The Morgan fingerprint density at radius 3 is 2.58 bits per heavy atom. The molecule has 0 aromatic carbocycles. The molecule has 0 aromatic rings. The van der Waals surface area contributed by atoms with E-state index in [0.717, 1.165) is 0 Å². The van der Waals surface area contributed by atoms with Gasteiger partial charge in [-0.3, -0.25) is 9.59 Å². The fraction of sp³-hybridized carbons (Fsp3) is 0.706. The highest BCUT2D eigenvalue weighted by atomic mass is 16.5. The molecule has 0 aromatic heterocycles. The summed E-state index contributed by atoms with van der Waals surface area (Å²) in [6.07, 6.45) is 3.64. The van der Waals surface area contributed by atoms with E-state index in [4.69, 9.17) is 9.47 Å². The Morgan fingerprint density at radius 2 is 2.00 bits per heavy atom. The summed E-state index contributed by atoms with van der Waals surface area (Å²) < 4.78 is 10.2. The monoisotopic (exact) mass is 337 g/mol. The van der Waals surface area contributed by atoms with Crippen molar-refractivity contribution >= 4 is 11.9 Å². The van der Waals surface area contributed by atoms with E-state index in [0.29, 0.717) is 58.7 Å². The van der Waals surface area contributed by atoms with Crippen LogP contribution in [-0.4, -0.2) is 56.2 Å². The van der Waals surface area contributed by atoms with Crippen molar-refractivity contribution in [3.05, 3.63) is 11.8 Å². The molecule has 0 unspecified atom stereocenters. The highest BCUT2D eigenvalue weighted by Crippen LogP contribution is 2.19. The summed E-state index contributed by atoms with van der Waals surface area (Å²) in [5, 5.41) is 11.9. The second-order valence-electron chi connectivity index (χ2n) is 5.52. The Bertz CT molecular complexity index is 477. The molecular weight excluding hydrogens is 310 g/mol. The predicted molar refractivity (Wildman–Crippen MR) is 88.7 cm³/mol. The van der Waals surface area contributed by atoms with Crippen molar-refractivity contribution in [1.29, 1.82) is 5.26 Å². The largest absolute Gasteiger partial charge is 0.466 e. The lowest BCUT2D eigenvalue weighted by Gasteiger charge is -2.30. The van der Waals surface area contributed by atoms with Gasteiger partial charge in [0.25, 0.3) is 5.91 Å². The average Bonchev–Trinajstić information content (AvgIpc) is 2.60. The third-order valence-electron chi connectivity index (χ3n) is 3.78. The second kappa shape index (κ2) is 11.5. The maximum absolute atomic E-state index is 12.0. The zero-order valence-electron chi connectivity index (χ0n) is 14.5. The van der Waals surface area contributed by atoms with E-state index in [1.807, 2.05) is 17.9 Å². The summed E-state index contributed by atoms with van der Waals surface area (Å²) in [6.45, 7) is 7.08. The SMILES string of the molecule is CCOCCCNC(=O)/C(C#N)=C\N1CCC(C(=O)OCC)CC1. The number of hydrogen-bond donors (Lipinski definition) is 1. The molecule has 1 rings (SSSR count). The van der Waals surface area contributed by atoms with Gasteiger partial charge in [0, 0.05) is 39.0 Å². The van der Waals surface area contributed by atoms with E-state index in [1.54, 1.807) is 13.1 Å². The molecule has 0 spiro atoms. The smallest absolute Gasteiger partial charge is 0.309 e. The minimum Gasteiger partial charge on any atom is -0.466 e. The molecule has 1 aliphatic heterocycles. The van der Waals surface area contributed by atoms with E-state index in [-0.39, 0.29) is 23.4 Å². The molecule has 1 heterocycles. The summed E-state index contributed by atoms with van der Waals surface area (Å²) in [6, 6.07) is 1.94. The molecule has 0 saturated carbocycles. The van der Waals surface area contributed by atoms with Gasteiger partial charge in [-0.2, -0.15) is 5.26 Å². The van der Waals surface area contributed by atoms with Gasteiger partial charge in [0.15, 0.2) is 0 Å². The fourth-order valence-corrected chi connectivity index (χ4v) is 2.46. The molecule has 7 nitrogen and oxygen atoms in total. The molecule has 0 aliphatic carbocycles. The van der Waals surface area contributed by atoms with Gasteiger partial charge in [-0.05, 0) is 33.1 Å². The van der Waals surface area contributed by atoms with E-state index < -0.39 is 0 Å². The molecule has 0 radical (unpaired) electrons. The number of ether oxygens (including phenoxy) is 2. The van der Waals surface area contributed by atoms with Crippen molar-refractivity contribution in [3.8, 4) is 6.07 Å². The highest BCUT2D eigenvalue weighted by molar-refractivity contribution is 5.97.